The largest absolute Gasteiger partial charge is 0.494 e. The van der Waals surface area contributed by atoms with Crippen LogP contribution in [0.15, 0.2) is 24.3 Å². The molecule has 0 saturated carbocycles. The number of carbonyl (C=O) groups excluding carboxylic acids is 3. The summed E-state index contributed by atoms with van der Waals surface area (Å²) < 4.78 is 14.7. The van der Waals surface area contributed by atoms with Gasteiger partial charge in [-0.2, -0.15) is 0 Å². The summed E-state index contributed by atoms with van der Waals surface area (Å²) in [4.78, 5) is 33.7. The maximum atomic E-state index is 11.4. The maximum Gasteiger partial charge on any atom is 0.413 e. The fourth-order valence-electron chi connectivity index (χ4n) is 1.58. The van der Waals surface area contributed by atoms with Gasteiger partial charge < -0.3 is 14.2 Å². The van der Waals surface area contributed by atoms with Crippen LogP contribution in [0, 0.1) is 6.92 Å². The molecule has 1 aromatic rings. The molecule has 0 aromatic heterocycles. The molecule has 0 aliphatic heterocycles. The lowest BCUT2D eigenvalue weighted by molar-refractivity contribution is -0.148. The van der Waals surface area contributed by atoms with Crippen LogP contribution in [0.2, 0.25) is 0 Å². The monoisotopic (exact) mass is 323 g/mol. The minimum absolute atomic E-state index is 0.124. The summed E-state index contributed by atoms with van der Waals surface area (Å²) in [5, 5.41) is 1.93. The van der Waals surface area contributed by atoms with Crippen molar-refractivity contribution in [2.45, 2.75) is 26.7 Å². The minimum atomic E-state index is -0.861. The van der Waals surface area contributed by atoms with E-state index in [-0.39, 0.29) is 13.0 Å². The lowest BCUT2D eigenvalue weighted by atomic mass is 10.2. The van der Waals surface area contributed by atoms with E-state index in [1.165, 1.54) is 0 Å². The molecule has 0 bridgehead atoms. The van der Waals surface area contributed by atoms with Crippen LogP contribution in [-0.2, 0) is 19.1 Å². The molecule has 2 amide bonds. The summed E-state index contributed by atoms with van der Waals surface area (Å²) in [5.41, 5.74) is 1.14. The molecule has 7 nitrogen and oxygen atoms in total. The number of benzene rings is 1. The Morgan fingerprint density at radius 2 is 1.78 bits per heavy atom. The van der Waals surface area contributed by atoms with Crippen molar-refractivity contribution in [3.05, 3.63) is 29.8 Å². The van der Waals surface area contributed by atoms with Crippen molar-refractivity contribution in [1.29, 1.82) is 0 Å². The molecular formula is C16H21NO6. The lowest BCUT2D eigenvalue weighted by Gasteiger charge is -2.07. The van der Waals surface area contributed by atoms with Crippen molar-refractivity contribution in [3.8, 4) is 5.75 Å². The van der Waals surface area contributed by atoms with E-state index in [2.05, 4.69) is 4.74 Å². The summed E-state index contributed by atoms with van der Waals surface area (Å²) in [6.07, 6.45) is -0.273. The van der Waals surface area contributed by atoms with Gasteiger partial charge in [0.2, 0.25) is 0 Å². The maximum absolute atomic E-state index is 11.4. The molecule has 1 N–H and O–H groups in total. The summed E-state index contributed by atoms with van der Waals surface area (Å²) in [6, 6.07) is 7.58. The number of hydrogen-bond donors (Lipinski definition) is 1. The van der Waals surface area contributed by atoms with Crippen LogP contribution in [-0.4, -0.2) is 37.8 Å². The molecule has 0 saturated heterocycles. The molecule has 0 radical (unpaired) electrons. The topological polar surface area (TPSA) is 90.9 Å². The van der Waals surface area contributed by atoms with Gasteiger partial charge in [-0.1, -0.05) is 17.7 Å². The number of imide groups is 1. The molecule has 0 fully saturated rings. The number of carbonyl (C=O) groups is 3. The highest BCUT2D eigenvalue weighted by Gasteiger charge is 2.11. The van der Waals surface area contributed by atoms with E-state index in [1.807, 2.05) is 36.5 Å². The molecule has 0 aliphatic rings. The van der Waals surface area contributed by atoms with Crippen LogP contribution >= 0.6 is 0 Å². The third-order valence-electron chi connectivity index (χ3n) is 2.70. The van der Waals surface area contributed by atoms with Crippen molar-refractivity contribution in [2.75, 3.05) is 19.8 Å². The number of amides is 2. The fraction of sp³-hybridized carbons (Fsp3) is 0.438. The number of hydrogen-bond acceptors (Lipinski definition) is 6. The lowest BCUT2D eigenvalue weighted by Crippen LogP contribution is -2.34. The van der Waals surface area contributed by atoms with E-state index in [9.17, 15) is 14.4 Å². The van der Waals surface area contributed by atoms with Crippen molar-refractivity contribution in [2.24, 2.45) is 0 Å². The first-order chi connectivity index (χ1) is 11.0. The number of esters is 1. The van der Waals surface area contributed by atoms with Crippen LogP contribution in [0.4, 0.5) is 4.79 Å². The Bertz CT molecular complexity index is 526. The minimum Gasteiger partial charge on any atom is -0.494 e. The summed E-state index contributed by atoms with van der Waals surface area (Å²) >= 11 is 0. The first-order valence-corrected chi connectivity index (χ1v) is 7.33. The summed E-state index contributed by atoms with van der Waals surface area (Å²) in [5.74, 6) is -0.526. The van der Waals surface area contributed by atoms with Crippen molar-refractivity contribution in [1.82, 2.24) is 5.32 Å². The molecule has 23 heavy (non-hydrogen) atoms. The molecule has 126 valence electrons. The quantitative estimate of drug-likeness (QED) is 0.581. The normalized spacial score (nSPS) is 9.83. The van der Waals surface area contributed by atoms with Crippen molar-refractivity contribution < 1.29 is 28.6 Å². The van der Waals surface area contributed by atoms with Gasteiger partial charge in [-0.05, 0) is 32.4 Å². The van der Waals surface area contributed by atoms with E-state index in [0.717, 1.165) is 11.3 Å². The number of alkyl carbamates (subject to hydrolysis) is 1. The fourth-order valence-corrected chi connectivity index (χ4v) is 1.58. The van der Waals surface area contributed by atoms with E-state index in [0.29, 0.717) is 13.0 Å². The Labute approximate surface area is 134 Å². The smallest absolute Gasteiger partial charge is 0.413 e. The third-order valence-corrected chi connectivity index (χ3v) is 2.70. The predicted molar refractivity (Wildman–Crippen MR) is 82.0 cm³/mol. The van der Waals surface area contributed by atoms with Crippen LogP contribution in [0.5, 0.6) is 5.75 Å². The SMILES string of the molecule is CCOC(=O)NC(=O)COC(=O)CCCOc1ccc(C)cc1. The van der Waals surface area contributed by atoms with Crippen LogP contribution < -0.4 is 10.1 Å². The Balaban J connectivity index is 2.11. The standard InChI is InChI=1S/C16H21NO6/c1-3-21-16(20)17-14(18)11-23-15(19)5-4-10-22-13-8-6-12(2)7-9-13/h6-9H,3-5,10-11H2,1-2H3,(H,17,18,20). The predicted octanol–water partition coefficient (Wildman–Crippen LogP) is 1.97. The van der Waals surface area contributed by atoms with Gasteiger partial charge in [0, 0.05) is 6.42 Å². The zero-order valence-corrected chi connectivity index (χ0v) is 13.3. The Morgan fingerprint density at radius 3 is 2.43 bits per heavy atom. The molecular weight excluding hydrogens is 302 g/mol. The van der Waals surface area contributed by atoms with E-state index >= 15 is 0 Å². The number of rotatable bonds is 8. The molecule has 0 unspecified atom stereocenters. The highest BCUT2D eigenvalue weighted by Crippen LogP contribution is 2.11. The van der Waals surface area contributed by atoms with Gasteiger partial charge in [-0.3, -0.25) is 14.9 Å². The van der Waals surface area contributed by atoms with Crippen LogP contribution in [0.3, 0.4) is 0 Å². The van der Waals surface area contributed by atoms with Gasteiger partial charge in [-0.25, -0.2) is 4.79 Å². The highest BCUT2D eigenvalue weighted by atomic mass is 16.6. The second-order valence-corrected chi connectivity index (χ2v) is 4.69. The average molecular weight is 323 g/mol. The average Bonchev–Trinajstić information content (AvgIpc) is 2.51. The Kier molecular flexibility index (Phi) is 8.20. The van der Waals surface area contributed by atoms with Crippen molar-refractivity contribution >= 4 is 18.0 Å². The number of ether oxygens (including phenoxy) is 3. The summed E-state index contributed by atoms with van der Waals surface area (Å²) in [7, 11) is 0. The molecule has 0 atom stereocenters. The van der Waals surface area contributed by atoms with Crippen molar-refractivity contribution in [3.63, 3.8) is 0 Å². The zero-order chi connectivity index (χ0) is 17.1. The zero-order valence-electron chi connectivity index (χ0n) is 13.3. The van der Waals surface area contributed by atoms with Gasteiger partial charge in [0.15, 0.2) is 6.61 Å². The van der Waals surface area contributed by atoms with E-state index in [1.54, 1.807) is 6.92 Å². The van der Waals surface area contributed by atoms with E-state index in [4.69, 9.17) is 9.47 Å². The first-order valence-electron chi connectivity index (χ1n) is 7.33. The van der Waals surface area contributed by atoms with E-state index < -0.39 is 24.6 Å². The second kappa shape index (κ2) is 10.2. The summed E-state index contributed by atoms with van der Waals surface area (Å²) in [6.45, 7) is 3.60. The Hall–Kier alpha value is -2.57. The Morgan fingerprint density at radius 1 is 1.09 bits per heavy atom. The molecule has 1 rings (SSSR count). The van der Waals surface area contributed by atoms with Gasteiger partial charge >= 0.3 is 12.1 Å². The van der Waals surface area contributed by atoms with Gasteiger partial charge in [0.05, 0.1) is 13.2 Å². The number of aryl methyl sites for hydroxylation is 1. The second-order valence-electron chi connectivity index (χ2n) is 4.69. The third kappa shape index (κ3) is 8.45. The van der Waals surface area contributed by atoms with Gasteiger partial charge in [0.1, 0.15) is 5.75 Å². The highest BCUT2D eigenvalue weighted by molar-refractivity contribution is 5.93. The molecule has 0 spiro atoms. The molecule has 7 heteroatoms. The van der Waals surface area contributed by atoms with Gasteiger partial charge in [0.25, 0.3) is 5.91 Å². The van der Waals surface area contributed by atoms with Crippen LogP contribution in [0.1, 0.15) is 25.3 Å². The molecule has 1 aromatic carbocycles. The van der Waals surface area contributed by atoms with Gasteiger partial charge in [-0.15, -0.1) is 0 Å². The van der Waals surface area contributed by atoms with Crippen LogP contribution in [0.25, 0.3) is 0 Å². The molecule has 0 aliphatic carbocycles. The first kappa shape index (κ1) is 18.5. The molecule has 0 heterocycles. The number of nitrogens with one attached hydrogen (secondary N) is 1.